The SMILES string of the molecule is Cc1nc2ccc(F)cc2cc1C(=O)Nc1cc(C(F)(F)F)ccc1Cl. The number of hydrogen-bond acceptors (Lipinski definition) is 2. The number of nitrogens with zero attached hydrogens (tertiary/aromatic N) is 1. The molecule has 0 unspecified atom stereocenters. The van der Waals surface area contributed by atoms with Crippen LogP contribution in [0, 0.1) is 12.7 Å². The molecule has 2 aromatic carbocycles. The minimum absolute atomic E-state index is 0.0382. The van der Waals surface area contributed by atoms with E-state index in [0.717, 1.165) is 18.2 Å². The number of aryl methyl sites for hydroxylation is 1. The van der Waals surface area contributed by atoms with Gasteiger partial charge in [-0.1, -0.05) is 11.6 Å². The highest BCUT2D eigenvalue weighted by Gasteiger charge is 2.31. The summed E-state index contributed by atoms with van der Waals surface area (Å²) in [5.41, 5.74) is -0.156. The normalized spacial score (nSPS) is 11.6. The number of rotatable bonds is 2. The van der Waals surface area contributed by atoms with Crippen molar-refractivity contribution in [3.05, 3.63) is 70.1 Å². The van der Waals surface area contributed by atoms with E-state index in [2.05, 4.69) is 10.3 Å². The van der Waals surface area contributed by atoms with Crippen molar-refractivity contribution >= 4 is 34.1 Å². The summed E-state index contributed by atoms with van der Waals surface area (Å²) in [6, 6.07) is 8.00. The minimum atomic E-state index is -4.57. The van der Waals surface area contributed by atoms with Crippen LogP contribution in [-0.2, 0) is 6.18 Å². The van der Waals surface area contributed by atoms with Gasteiger partial charge in [-0.05, 0) is 49.4 Å². The molecule has 1 N–H and O–H groups in total. The van der Waals surface area contributed by atoms with Crippen LogP contribution in [0.25, 0.3) is 10.9 Å². The van der Waals surface area contributed by atoms with Gasteiger partial charge in [-0.3, -0.25) is 9.78 Å². The first-order chi connectivity index (χ1) is 12.1. The van der Waals surface area contributed by atoms with E-state index in [1.165, 1.54) is 24.3 Å². The van der Waals surface area contributed by atoms with E-state index < -0.39 is 23.5 Å². The van der Waals surface area contributed by atoms with Gasteiger partial charge in [0.1, 0.15) is 5.82 Å². The number of halogens is 5. The number of alkyl halides is 3. The topological polar surface area (TPSA) is 42.0 Å². The zero-order valence-electron chi connectivity index (χ0n) is 13.3. The number of pyridine rings is 1. The van der Waals surface area contributed by atoms with Gasteiger partial charge in [0.2, 0.25) is 0 Å². The number of carbonyl (C=O) groups is 1. The number of nitrogens with one attached hydrogen (secondary N) is 1. The lowest BCUT2D eigenvalue weighted by Gasteiger charge is -2.13. The summed E-state index contributed by atoms with van der Waals surface area (Å²) in [6.07, 6.45) is -4.57. The zero-order chi connectivity index (χ0) is 19.1. The molecule has 8 heteroatoms. The van der Waals surface area contributed by atoms with Gasteiger partial charge < -0.3 is 5.32 Å². The fraction of sp³-hybridized carbons (Fsp3) is 0.111. The summed E-state index contributed by atoms with van der Waals surface area (Å²) in [6.45, 7) is 1.57. The van der Waals surface area contributed by atoms with Gasteiger partial charge in [0.25, 0.3) is 5.91 Å². The van der Waals surface area contributed by atoms with E-state index in [-0.39, 0.29) is 16.3 Å². The number of fused-ring (bicyclic) bond motifs is 1. The van der Waals surface area contributed by atoms with Crippen molar-refractivity contribution in [1.29, 1.82) is 0 Å². The predicted molar refractivity (Wildman–Crippen MR) is 90.8 cm³/mol. The van der Waals surface area contributed by atoms with E-state index in [1.807, 2.05) is 0 Å². The molecule has 1 aromatic heterocycles. The predicted octanol–water partition coefficient (Wildman–Crippen LogP) is 5.61. The Morgan fingerprint density at radius 3 is 2.54 bits per heavy atom. The number of benzene rings is 2. The Morgan fingerprint density at radius 2 is 1.85 bits per heavy atom. The molecule has 1 amide bonds. The van der Waals surface area contributed by atoms with Crippen LogP contribution in [0.2, 0.25) is 5.02 Å². The standard InChI is InChI=1S/C18H11ClF4N2O/c1-9-13(7-10-6-12(20)3-5-15(10)24-9)17(26)25-16-8-11(18(21,22)23)2-4-14(16)19/h2-8H,1H3,(H,25,26). The molecule has 134 valence electrons. The Labute approximate surface area is 150 Å². The first-order valence-electron chi connectivity index (χ1n) is 7.40. The van der Waals surface area contributed by atoms with Crippen LogP contribution in [0.15, 0.2) is 42.5 Å². The van der Waals surface area contributed by atoms with E-state index in [9.17, 15) is 22.4 Å². The Bertz CT molecular complexity index is 1020. The summed E-state index contributed by atoms with van der Waals surface area (Å²) < 4.78 is 51.9. The number of carbonyl (C=O) groups excluding carboxylic acids is 1. The highest BCUT2D eigenvalue weighted by molar-refractivity contribution is 6.34. The molecule has 3 nitrogen and oxygen atoms in total. The van der Waals surface area contributed by atoms with Crippen LogP contribution in [-0.4, -0.2) is 10.9 Å². The third kappa shape index (κ3) is 3.62. The zero-order valence-corrected chi connectivity index (χ0v) is 14.0. The molecule has 0 aliphatic heterocycles. The molecule has 26 heavy (non-hydrogen) atoms. The Kier molecular flexibility index (Phi) is 4.58. The van der Waals surface area contributed by atoms with Crippen LogP contribution in [0.1, 0.15) is 21.6 Å². The number of amides is 1. The summed E-state index contributed by atoms with van der Waals surface area (Å²) in [5.74, 6) is -1.18. The van der Waals surface area contributed by atoms with Gasteiger partial charge in [-0.2, -0.15) is 13.2 Å². The molecule has 0 saturated carbocycles. The lowest BCUT2D eigenvalue weighted by Crippen LogP contribution is -2.15. The quantitative estimate of drug-likeness (QED) is 0.585. The number of hydrogen-bond donors (Lipinski definition) is 1. The first kappa shape index (κ1) is 18.1. The second kappa shape index (κ2) is 6.57. The van der Waals surface area contributed by atoms with Crippen LogP contribution in [0.3, 0.4) is 0 Å². The van der Waals surface area contributed by atoms with Crippen LogP contribution in [0.5, 0.6) is 0 Å². The molecule has 0 bridgehead atoms. The smallest absolute Gasteiger partial charge is 0.321 e. The van der Waals surface area contributed by atoms with Gasteiger partial charge in [-0.15, -0.1) is 0 Å². The molecule has 1 heterocycles. The average molecular weight is 383 g/mol. The van der Waals surface area contributed by atoms with E-state index >= 15 is 0 Å². The molecule has 0 spiro atoms. The lowest BCUT2D eigenvalue weighted by atomic mass is 10.1. The summed E-state index contributed by atoms with van der Waals surface area (Å²) >= 11 is 5.89. The van der Waals surface area contributed by atoms with Gasteiger partial charge in [0.15, 0.2) is 0 Å². The van der Waals surface area contributed by atoms with E-state index in [4.69, 9.17) is 11.6 Å². The maximum absolute atomic E-state index is 13.4. The van der Waals surface area contributed by atoms with Crippen molar-refractivity contribution in [1.82, 2.24) is 4.98 Å². The largest absolute Gasteiger partial charge is 0.416 e. The molecule has 0 atom stereocenters. The Morgan fingerprint density at radius 1 is 1.12 bits per heavy atom. The summed E-state index contributed by atoms with van der Waals surface area (Å²) in [7, 11) is 0. The fourth-order valence-corrected chi connectivity index (χ4v) is 2.63. The molecule has 3 rings (SSSR count). The van der Waals surface area contributed by atoms with Crippen molar-refractivity contribution in [3.8, 4) is 0 Å². The molecule has 0 aliphatic rings. The molecular formula is C18H11ClF4N2O. The Hall–Kier alpha value is -2.67. The monoisotopic (exact) mass is 382 g/mol. The Balaban J connectivity index is 1.98. The van der Waals surface area contributed by atoms with Gasteiger partial charge in [-0.25, -0.2) is 4.39 Å². The maximum atomic E-state index is 13.4. The van der Waals surface area contributed by atoms with Crippen LogP contribution >= 0.6 is 11.6 Å². The van der Waals surface area contributed by atoms with Gasteiger partial charge >= 0.3 is 6.18 Å². The van der Waals surface area contributed by atoms with Crippen molar-refractivity contribution in [2.75, 3.05) is 5.32 Å². The van der Waals surface area contributed by atoms with Gasteiger partial charge in [0.05, 0.1) is 33.0 Å². The van der Waals surface area contributed by atoms with Crippen molar-refractivity contribution < 1.29 is 22.4 Å². The molecule has 0 radical (unpaired) electrons. The third-order valence-electron chi connectivity index (χ3n) is 3.75. The lowest BCUT2D eigenvalue weighted by molar-refractivity contribution is -0.137. The highest BCUT2D eigenvalue weighted by atomic mass is 35.5. The third-order valence-corrected chi connectivity index (χ3v) is 4.08. The summed E-state index contributed by atoms with van der Waals surface area (Å²) in [4.78, 5) is 16.7. The molecule has 3 aromatic rings. The first-order valence-corrected chi connectivity index (χ1v) is 7.78. The second-order valence-corrected chi connectivity index (χ2v) is 6.01. The fourth-order valence-electron chi connectivity index (χ4n) is 2.46. The minimum Gasteiger partial charge on any atom is -0.321 e. The molecular weight excluding hydrogens is 372 g/mol. The molecule has 0 aliphatic carbocycles. The van der Waals surface area contributed by atoms with Crippen molar-refractivity contribution in [2.45, 2.75) is 13.1 Å². The molecule has 0 fully saturated rings. The number of aromatic nitrogens is 1. The van der Waals surface area contributed by atoms with Crippen LogP contribution < -0.4 is 5.32 Å². The average Bonchev–Trinajstić information content (AvgIpc) is 2.55. The van der Waals surface area contributed by atoms with E-state index in [1.54, 1.807) is 6.92 Å². The number of anilines is 1. The van der Waals surface area contributed by atoms with Crippen LogP contribution in [0.4, 0.5) is 23.2 Å². The maximum Gasteiger partial charge on any atom is 0.416 e. The van der Waals surface area contributed by atoms with Crippen molar-refractivity contribution in [2.24, 2.45) is 0 Å². The van der Waals surface area contributed by atoms with Gasteiger partial charge in [0, 0.05) is 5.39 Å². The summed E-state index contributed by atoms with van der Waals surface area (Å²) in [5, 5.41) is 2.72. The van der Waals surface area contributed by atoms with E-state index in [0.29, 0.717) is 16.6 Å². The molecule has 0 saturated heterocycles. The highest BCUT2D eigenvalue weighted by Crippen LogP contribution is 2.34. The van der Waals surface area contributed by atoms with Crippen molar-refractivity contribution in [3.63, 3.8) is 0 Å². The second-order valence-electron chi connectivity index (χ2n) is 5.60.